The monoisotopic (exact) mass is 278 g/mol. The van der Waals surface area contributed by atoms with Gasteiger partial charge >= 0.3 is 0 Å². The number of nitrogens with zero attached hydrogens (tertiary/aromatic N) is 1. The predicted molar refractivity (Wildman–Crippen MR) is 25.4 cm³/mol. The molecule has 0 fully saturated rings. The molecule has 0 amide bonds. The molecule has 43 valence electrons. The molecule has 1 aromatic heterocycles. The Hall–Kier alpha value is 0.0203. The van der Waals surface area contributed by atoms with Crippen LogP contribution in [0.5, 0.6) is 0 Å². The molecule has 2 heteroatoms. The van der Waals surface area contributed by atoms with Crippen molar-refractivity contribution in [2.75, 3.05) is 0 Å². The van der Waals surface area contributed by atoms with E-state index in [9.17, 15) is 0 Å². The standard InChI is InChI=1S/C5H7N.Au/c1-6-4-2-3-5-6;/h2-5H,1H3;. The summed E-state index contributed by atoms with van der Waals surface area (Å²) in [7, 11) is 2.00. The van der Waals surface area contributed by atoms with Gasteiger partial charge in [-0.15, -0.1) is 0 Å². The maximum atomic E-state index is 2.00. The molecule has 0 N–H and O–H groups in total. The third-order valence-corrected chi connectivity index (χ3v) is 0.754. The molecule has 0 bridgehead atoms. The van der Waals surface area contributed by atoms with Crippen LogP contribution in [0.1, 0.15) is 0 Å². The second-order valence-electron chi connectivity index (χ2n) is 1.35. The number of rotatable bonds is 0. The molecule has 0 saturated carbocycles. The summed E-state index contributed by atoms with van der Waals surface area (Å²) in [4.78, 5) is 0. The van der Waals surface area contributed by atoms with Gasteiger partial charge in [0.15, 0.2) is 0 Å². The van der Waals surface area contributed by atoms with Crippen molar-refractivity contribution >= 4 is 0 Å². The molecular weight excluding hydrogens is 271 g/mol. The fraction of sp³-hybridized carbons (Fsp3) is 0.200. The summed E-state index contributed by atoms with van der Waals surface area (Å²) >= 11 is 0. The first-order valence-electron chi connectivity index (χ1n) is 1.96. The molecule has 0 atom stereocenters. The molecule has 0 aliphatic carbocycles. The summed E-state index contributed by atoms with van der Waals surface area (Å²) in [6.45, 7) is 0. The molecular formula is C5H7AuN. The van der Waals surface area contributed by atoms with E-state index in [1.165, 1.54) is 0 Å². The fourth-order valence-corrected chi connectivity index (χ4v) is 0.421. The largest absolute Gasteiger partial charge is 0.357 e. The van der Waals surface area contributed by atoms with Crippen LogP contribution in [0.3, 0.4) is 0 Å². The first-order valence-corrected chi connectivity index (χ1v) is 1.96. The van der Waals surface area contributed by atoms with Crippen LogP contribution in [0.4, 0.5) is 0 Å². The smallest absolute Gasteiger partial charge is 0.0106 e. The van der Waals surface area contributed by atoms with Crippen molar-refractivity contribution in [3.8, 4) is 0 Å². The van der Waals surface area contributed by atoms with E-state index in [1.807, 2.05) is 36.1 Å². The Morgan fingerprint density at radius 3 is 1.71 bits per heavy atom. The Morgan fingerprint density at radius 1 is 1.14 bits per heavy atom. The third-order valence-electron chi connectivity index (χ3n) is 0.754. The van der Waals surface area contributed by atoms with Crippen molar-refractivity contribution < 1.29 is 22.4 Å². The number of aryl methyl sites for hydroxylation is 1. The maximum Gasteiger partial charge on any atom is 0.0106 e. The molecule has 0 spiro atoms. The normalized spacial score (nSPS) is 7.57. The van der Waals surface area contributed by atoms with Gasteiger partial charge in [0.25, 0.3) is 0 Å². The van der Waals surface area contributed by atoms with Crippen molar-refractivity contribution in [1.29, 1.82) is 0 Å². The Bertz CT molecular complexity index is 112. The van der Waals surface area contributed by atoms with E-state index >= 15 is 0 Å². The van der Waals surface area contributed by atoms with Gasteiger partial charge in [0.2, 0.25) is 0 Å². The summed E-state index contributed by atoms with van der Waals surface area (Å²) < 4.78 is 2.00. The van der Waals surface area contributed by atoms with Crippen molar-refractivity contribution in [2.24, 2.45) is 7.05 Å². The van der Waals surface area contributed by atoms with Crippen LogP contribution < -0.4 is 0 Å². The Labute approximate surface area is 58.8 Å². The fourth-order valence-electron chi connectivity index (χ4n) is 0.421. The molecule has 1 radical (unpaired) electrons. The van der Waals surface area contributed by atoms with Crippen LogP contribution in [-0.4, -0.2) is 4.57 Å². The third kappa shape index (κ3) is 1.97. The number of aromatic nitrogens is 1. The van der Waals surface area contributed by atoms with Crippen LogP contribution >= 0.6 is 0 Å². The Balaban J connectivity index is 0.000000360. The summed E-state index contributed by atoms with van der Waals surface area (Å²) in [5.41, 5.74) is 0. The average Bonchev–Trinajstić information content (AvgIpc) is 1.86. The van der Waals surface area contributed by atoms with Crippen molar-refractivity contribution in [3.05, 3.63) is 24.5 Å². The molecule has 0 saturated heterocycles. The van der Waals surface area contributed by atoms with E-state index in [4.69, 9.17) is 0 Å². The summed E-state index contributed by atoms with van der Waals surface area (Å²) in [6, 6.07) is 4.00. The molecule has 1 heterocycles. The van der Waals surface area contributed by atoms with E-state index in [0.29, 0.717) is 0 Å². The van der Waals surface area contributed by atoms with Crippen molar-refractivity contribution in [1.82, 2.24) is 4.57 Å². The Morgan fingerprint density at radius 2 is 1.57 bits per heavy atom. The van der Waals surface area contributed by atoms with Crippen LogP contribution in [0.25, 0.3) is 0 Å². The SMILES string of the molecule is Cn1cccc1.[Au]. The van der Waals surface area contributed by atoms with E-state index in [0.717, 1.165) is 0 Å². The second-order valence-corrected chi connectivity index (χ2v) is 1.35. The van der Waals surface area contributed by atoms with Gasteiger partial charge in [-0.25, -0.2) is 0 Å². The summed E-state index contributed by atoms with van der Waals surface area (Å²) in [5.74, 6) is 0. The quantitative estimate of drug-likeness (QED) is 0.624. The molecule has 0 unspecified atom stereocenters. The summed E-state index contributed by atoms with van der Waals surface area (Å²) in [5, 5.41) is 0. The topological polar surface area (TPSA) is 4.93 Å². The first kappa shape index (κ1) is 7.02. The number of hydrogen-bond acceptors (Lipinski definition) is 0. The van der Waals surface area contributed by atoms with E-state index < -0.39 is 0 Å². The van der Waals surface area contributed by atoms with E-state index in [-0.39, 0.29) is 22.4 Å². The van der Waals surface area contributed by atoms with E-state index in [2.05, 4.69) is 0 Å². The molecule has 1 rings (SSSR count). The van der Waals surface area contributed by atoms with Crippen LogP contribution in [0.15, 0.2) is 24.5 Å². The van der Waals surface area contributed by atoms with Crippen molar-refractivity contribution in [2.45, 2.75) is 0 Å². The molecule has 0 aromatic carbocycles. The molecule has 0 aliphatic rings. The van der Waals surface area contributed by atoms with Gasteiger partial charge in [-0.3, -0.25) is 0 Å². The van der Waals surface area contributed by atoms with Crippen molar-refractivity contribution in [3.63, 3.8) is 0 Å². The van der Waals surface area contributed by atoms with Gasteiger partial charge in [-0.05, 0) is 12.1 Å². The zero-order chi connectivity index (χ0) is 4.41. The minimum Gasteiger partial charge on any atom is -0.357 e. The molecule has 0 aliphatic heterocycles. The zero-order valence-electron chi connectivity index (χ0n) is 4.06. The van der Waals surface area contributed by atoms with Gasteiger partial charge in [-0.2, -0.15) is 0 Å². The van der Waals surface area contributed by atoms with Gasteiger partial charge < -0.3 is 4.57 Å². The molecule has 1 nitrogen and oxygen atoms in total. The van der Waals surface area contributed by atoms with E-state index in [1.54, 1.807) is 0 Å². The predicted octanol–water partition coefficient (Wildman–Crippen LogP) is 1.02. The Kier molecular flexibility index (Phi) is 3.09. The minimum atomic E-state index is 0. The minimum absolute atomic E-state index is 0. The zero-order valence-corrected chi connectivity index (χ0v) is 6.22. The number of hydrogen-bond donors (Lipinski definition) is 0. The van der Waals surface area contributed by atoms with Gasteiger partial charge in [0.05, 0.1) is 0 Å². The van der Waals surface area contributed by atoms with Crippen LogP contribution in [-0.2, 0) is 29.4 Å². The molecule has 1 aromatic rings. The van der Waals surface area contributed by atoms with Gasteiger partial charge in [0.1, 0.15) is 0 Å². The first-order chi connectivity index (χ1) is 2.89. The van der Waals surface area contributed by atoms with Crippen LogP contribution in [0, 0.1) is 0 Å². The second kappa shape index (κ2) is 3.08. The summed E-state index contributed by atoms with van der Waals surface area (Å²) in [6.07, 6.45) is 4.00. The molecule has 7 heavy (non-hydrogen) atoms. The van der Waals surface area contributed by atoms with Crippen LogP contribution in [0.2, 0.25) is 0 Å². The van der Waals surface area contributed by atoms with Gasteiger partial charge in [0, 0.05) is 41.8 Å². The maximum absolute atomic E-state index is 2.00. The van der Waals surface area contributed by atoms with Gasteiger partial charge in [-0.1, -0.05) is 0 Å². The average molecular weight is 278 g/mol.